The Morgan fingerprint density at radius 2 is 2.00 bits per heavy atom. The average Bonchev–Trinajstić information content (AvgIpc) is 3.08. The third-order valence-corrected chi connectivity index (χ3v) is 5.30. The fourth-order valence-corrected chi connectivity index (χ4v) is 4.02. The maximum Gasteiger partial charge on any atom is 0.240 e. The highest BCUT2D eigenvalue weighted by molar-refractivity contribution is 5.83. The molecule has 1 atom stereocenters. The molecule has 0 saturated heterocycles. The number of hydrogen-bond donors (Lipinski definition) is 1. The van der Waals surface area contributed by atoms with E-state index in [1.54, 1.807) is 6.33 Å². The number of carbonyl (C=O) groups excluding carboxylic acids is 1. The van der Waals surface area contributed by atoms with Crippen molar-refractivity contribution in [3.05, 3.63) is 53.9 Å². The Bertz CT molecular complexity index is 1010. The number of rotatable bonds is 3. The van der Waals surface area contributed by atoms with E-state index in [9.17, 15) is 4.79 Å². The number of nitrogens with zero attached hydrogens (tertiary/aromatic N) is 2. The largest absolute Gasteiger partial charge is 0.486 e. The van der Waals surface area contributed by atoms with Crippen molar-refractivity contribution in [2.45, 2.75) is 31.8 Å². The van der Waals surface area contributed by atoms with Crippen LogP contribution in [0.25, 0.3) is 11.0 Å². The second kappa shape index (κ2) is 6.61. The molecule has 1 aliphatic carbocycles. The van der Waals surface area contributed by atoms with Crippen LogP contribution in [-0.4, -0.2) is 28.7 Å². The molecule has 1 aliphatic heterocycles. The Morgan fingerprint density at radius 3 is 2.89 bits per heavy atom. The zero-order chi connectivity index (χ0) is 18.2. The smallest absolute Gasteiger partial charge is 0.240 e. The molecule has 3 aromatic rings. The van der Waals surface area contributed by atoms with Gasteiger partial charge < -0.3 is 19.4 Å². The van der Waals surface area contributed by atoms with Gasteiger partial charge in [0.15, 0.2) is 11.5 Å². The van der Waals surface area contributed by atoms with Gasteiger partial charge in [0.2, 0.25) is 5.91 Å². The standard InChI is InChI=1S/C21H21N3O3/c25-21(23-16-7-3-5-14-4-1-2-6-15(14)16)12-24-13-22-17-10-19-20(11-18(17)24)27-9-8-26-19/h1-2,4,6,10-11,13,16H,3,5,7-9,12H2,(H,23,25)/t16-/m0/s1. The normalized spacial score (nSPS) is 18.1. The third kappa shape index (κ3) is 3.01. The number of aromatic nitrogens is 2. The molecule has 0 fully saturated rings. The molecule has 0 saturated carbocycles. The van der Waals surface area contributed by atoms with E-state index >= 15 is 0 Å². The number of hydrogen-bond acceptors (Lipinski definition) is 4. The second-order valence-electron chi connectivity index (χ2n) is 7.07. The molecule has 2 heterocycles. The zero-order valence-electron chi connectivity index (χ0n) is 15.0. The van der Waals surface area contributed by atoms with Crippen LogP contribution in [0.2, 0.25) is 0 Å². The predicted molar refractivity (Wildman–Crippen MR) is 101 cm³/mol. The number of ether oxygens (including phenoxy) is 2. The first-order valence-corrected chi connectivity index (χ1v) is 9.39. The summed E-state index contributed by atoms with van der Waals surface area (Å²) in [6, 6.07) is 12.2. The molecule has 0 unspecified atom stereocenters. The van der Waals surface area contributed by atoms with Crippen molar-refractivity contribution < 1.29 is 14.3 Å². The van der Waals surface area contributed by atoms with Crippen LogP contribution in [0.5, 0.6) is 11.5 Å². The van der Waals surface area contributed by atoms with Gasteiger partial charge in [-0.1, -0.05) is 24.3 Å². The summed E-state index contributed by atoms with van der Waals surface area (Å²) in [5, 5.41) is 3.20. The lowest BCUT2D eigenvalue weighted by atomic mass is 9.88. The van der Waals surface area contributed by atoms with Gasteiger partial charge in [0.05, 0.1) is 23.4 Å². The van der Waals surface area contributed by atoms with Gasteiger partial charge in [-0.15, -0.1) is 0 Å². The fraction of sp³-hybridized carbons (Fsp3) is 0.333. The Morgan fingerprint density at radius 1 is 1.19 bits per heavy atom. The Kier molecular flexibility index (Phi) is 3.96. The minimum atomic E-state index is -0.00843. The van der Waals surface area contributed by atoms with Crippen LogP contribution >= 0.6 is 0 Å². The summed E-state index contributed by atoms with van der Waals surface area (Å²) in [5.41, 5.74) is 4.26. The van der Waals surface area contributed by atoms with E-state index in [4.69, 9.17) is 9.47 Å². The van der Waals surface area contributed by atoms with Crippen molar-refractivity contribution in [1.29, 1.82) is 0 Å². The zero-order valence-corrected chi connectivity index (χ0v) is 15.0. The number of aryl methyl sites for hydroxylation is 1. The Balaban J connectivity index is 1.36. The molecule has 1 aromatic heterocycles. The molecule has 2 aliphatic rings. The molecule has 1 amide bonds. The number of carbonyl (C=O) groups is 1. The number of imidazole rings is 1. The predicted octanol–water partition coefficient (Wildman–Crippen LogP) is 3.00. The van der Waals surface area contributed by atoms with Crippen LogP contribution in [0.1, 0.15) is 30.0 Å². The lowest BCUT2D eigenvalue weighted by Gasteiger charge is -2.26. The van der Waals surface area contributed by atoms with E-state index in [1.807, 2.05) is 22.8 Å². The maximum atomic E-state index is 12.7. The van der Waals surface area contributed by atoms with Crippen LogP contribution in [0, 0.1) is 0 Å². The molecular formula is C21H21N3O3. The molecule has 2 aromatic carbocycles. The summed E-state index contributed by atoms with van der Waals surface area (Å²) in [7, 11) is 0. The Hall–Kier alpha value is -3.02. The van der Waals surface area contributed by atoms with Crippen molar-refractivity contribution in [1.82, 2.24) is 14.9 Å². The number of nitrogens with one attached hydrogen (secondary N) is 1. The van der Waals surface area contributed by atoms with Gasteiger partial charge in [-0.3, -0.25) is 4.79 Å². The minimum Gasteiger partial charge on any atom is -0.486 e. The second-order valence-corrected chi connectivity index (χ2v) is 7.07. The highest BCUT2D eigenvalue weighted by Gasteiger charge is 2.22. The topological polar surface area (TPSA) is 65.4 Å². The van der Waals surface area contributed by atoms with Gasteiger partial charge in [-0.05, 0) is 30.4 Å². The molecule has 0 bridgehead atoms. The molecule has 0 spiro atoms. The lowest BCUT2D eigenvalue weighted by Crippen LogP contribution is -2.33. The third-order valence-electron chi connectivity index (χ3n) is 5.30. The molecule has 138 valence electrons. The van der Waals surface area contributed by atoms with Crippen molar-refractivity contribution in [3.8, 4) is 11.5 Å². The lowest BCUT2D eigenvalue weighted by molar-refractivity contribution is -0.122. The van der Waals surface area contributed by atoms with E-state index in [0.717, 1.165) is 30.3 Å². The van der Waals surface area contributed by atoms with E-state index in [2.05, 4.69) is 28.5 Å². The first kappa shape index (κ1) is 16.2. The van der Waals surface area contributed by atoms with Gasteiger partial charge in [0.1, 0.15) is 19.8 Å². The molecule has 0 radical (unpaired) electrons. The molecule has 5 rings (SSSR count). The van der Waals surface area contributed by atoms with Crippen LogP contribution in [0.15, 0.2) is 42.7 Å². The molecule has 6 heteroatoms. The van der Waals surface area contributed by atoms with Crippen molar-refractivity contribution in [2.24, 2.45) is 0 Å². The summed E-state index contributed by atoms with van der Waals surface area (Å²) in [4.78, 5) is 17.1. The van der Waals surface area contributed by atoms with E-state index in [-0.39, 0.29) is 18.5 Å². The van der Waals surface area contributed by atoms with Gasteiger partial charge in [0, 0.05) is 12.1 Å². The van der Waals surface area contributed by atoms with Crippen molar-refractivity contribution >= 4 is 16.9 Å². The van der Waals surface area contributed by atoms with Crippen molar-refractivity contribution in [3.63, 3.8) is 0 Å². The monoisotopic (exact) mass is 363 g/mol. The first-order valence-electron chi connectivity index (χ1n) is 9.39. The average molecular weight is 363 g/mol. The van der Waals surface area contributed by atoms with E-state index in [1.165, 1.54) is 11.1 Å². The fourth-order valence-electron chi connectivity index (χ4n) is 4.02. The van der Waals surface area contributed by atoms with Gasteiger partial charge in [-0.2, -0.15) is 0 Å². The SMILES string of the molecule is O=C(Cn1cnc2cc3c(cc21)OCCO3)N[C@H]1CCCc2ccccc21. The maximum absolute atomic E-state index is 12.7. The quantitative estimate of drug-likeness (QED) is 0.777. The summed E-state index contributed by atoms with van der Waals surface area (Å²) < 4.78 is 13.1. The molecule has 1 N–H and O–H groups in total. The minimum absolute atomic E-state index is 0.00843. The Labute approximate surface area is 157 Å². The number of fused-ring (bicyclic) bond motifs is 3. The summed E-state index contributed by atoms with van der Waals surface area (Å²) in [6.45, 7) is 1.31. The van der Waals surface area contributed by atoms with Gasteiger partial charge in [-0.25, -0.2) is 4.98 Å². The number of benzene rings is 2. The molecular weight excluding hydrogens is 342 g/mol. The van der Waals surface area contributed by atoms with Crippen LogP contribution in [0.4, 0.5) is 0 Å². The molecule has 27 heavy (non-hydrogen) atoms. The summed E-state index contributed by atoms with van der Waals surface area (Å²) in [5.74, 6) is 1.41. The van der Waals surface area contributed by atoms with E-state index < -0.39 is 0 Å². The molecule has 6 nitrogen and oxygen atoms in total. The highest BCUT2D eigenvalue weighted by atomic mass is 16.6. The van der Waals surface area contributed by atoms with Crippen molar-refractivity contribution in [2.75, 3.05) is 13.2 Å². The summed E-state index contributed by atoms with van der Waals surface area (Å²) >= 11 is 0. The van der Waals surface area contributed by atoms with Gasteiger partial charge in [0.25, 0.3) is 0 Å². The van der Waals surface area contributed by atoms with Crippen LogP contribution < -0.4 is 14.8 Å². The number of amides is 1. The van der Waals surface area contributed by atoms with Crippen LogP contribution in [0.3, 0.4) is 0 Å². The summed E-state index contributed by atoms with van der Waals surface area (Å²) in [6.07, 6.45) is 4.86. The van der Waals surface area contributed by atoms with Gasteiger partial charge >= 0.3 is 0 Å². The van der Waals surface area contributed by atoms with E-state index in [0.29, 0.717) is 24.7 Å². The first-order chi connectivity index (χ1) is 13.3. The highest BCUT2D eigenvalue weighted by Crippen LogP contribution is 2.34. The van der Waals surface area contributed by atoms with Crippen LogP contribution in [-0.2, 0) is 17.8 Å².